The van der Waals surface area contributed by atoms with Gasteiger partial charge in [-0.3, -0.25) is 19.8 Å². The van der Waals surface area contributed by atoms with Crippen molar-refractivity contribution in [3.8, 4) is 17.2 Å². The molecule has 38 heavy (non-hydrogen) atoms. The van der Waals surface area contributed by atoms with Crippen LogP contribution in [0.4, 0.5) is 5.69 Å². The molecule has 0 aromatic heterocycles. The number of hydrogen-bond donors (Lipinski definition) is 2. The van der Waals surface area contributed by atoms with Gasteiger partial charge in [0.2, 0.25) is 0 Å². The highest BCUT2D eigenvalue weighted by atomic mass is 32.2. The molecule has 9 nitrogen and oxygen atoms in total. The molecule has 194 valence electrons. The number of ether oxygens (including phenoxy) is 3. The molecule has 1 heterocycles. The first-order chi connectivity index (χ1) is 18.4. The molecule has 1 aliphatic heterocycles. The van der Waals surface area contributed by atoms with Gasteiger partial charge in [-0.1, -0.05) is 36.0 Å². The first kappa shape index (κ1) is 26.7. The normalized spacial score (nSPS) is 13.8. The number of carbonyl (C=O) groups excluding carboxylic acids is 3. The Hall–Kier alpha value is -4.35. The largest absolute Gasteiger partial charge is 0.497 e. The van der Waals surface area contributed by atoms with E-state index >= 15 is 0 Å². The van der Waals surface area contributed by atoms with Crippen LogP contribution in [0.5, 0.6) is 17.2 Å². The van der Waals surface area contributed by atoms with Crippen LogP contribution in [0.1, 0.15) is 15.9 Å². The zero-order chi connectivity index (χ0) is 27.1. The number of nitrogens with zero attached hydrogens (tertiary/aromatic N) is 1. The highest BCUT2D eigenvalue weighted by molar-refractivity contribution is 8.26. The Balaban J connectivity index is 1.33. The predicted octanol–water partition coefficient (Wildman–Crippen LogP) is 4.27. The number of thiocarbonyl (C=S) groups is 1. The maximum atomic E-state index is 12.9. The fourth-order valence-electron chi connectivity index (χ4n) is 3.37. The number of hydrogen-bond acceptors (Lipinski definition) is 8. The number of hydrazine groups is 1. The molecule has 2 N–H and O–H groups in total. The van der Waals surface area contributed by atoms with Crippen molar-refractivity contribution in [3.05, 3.63) is 88.8 Å². The van der Waals surface area contributed by atoms with Crippen LogP contribution >= 0.6 is 24.0 Å². The van der Waals surface area contributed by atoms with Gasteiger partial charge in [-0.05, 0) is 72.4 Å². The van der Waals surface area contributed by atoms with Crippen molar-refractivity contribution in [1.29, 1.82) is 0 Å². The van der Waals surface area contributed by atoms with Gasteiger partial charge in [-0.2, -0.15) is 5.01 Å². The van der Waals surface area contributed by atoms with Gasteiger partial charge in [-0.25, -0.2) is 0 Å². The van der Waals surface area contributed by atoms with E-state index in [1.807, 2.05) is 6.07 Å². The minimum absolute atomic E-state index is 0.191. The molecule has 0 unspecified atom stereocenters. The minimum Gasteiger partial charge on any atom is -0.497 e. The van der Waals surface area contributed by atoms with Crippen LogP contribution in [0.25, 0.3) is 6.08 Å². The monoisotopic (exact) mass is 549 g/mol. The first-order valence-corrected chi connectivity index (χ1v) is 12.5. The highest BCUT2D eigenvalue weighted by Gasteiger charge is 2.33. The zero-order valence-corrected chi connectivity index (χ0v) is 22.1. The molecule has 0 radical (unpaired) electrons. The summed E-state index contributed by atoms with van der Waals surface area (Å²) in [4.78, 5) is 38.0. The summed E-state index contributed by atoms with van der Waals surface area (Å²) in [5.74, 6) is 0.408. The van der Waals surface area contributed by atoms with Crippen LogP contribution in [-0.2, 0) is 9.59 Å². The van der Waals surface area contributed by atoms with Gasteiger partial charge in [0.25, 0.3) is 17.7 Å². The van der Waals surface area contributed by atoms with E-state index in [9.17, 15) is 14.4 Å². The second-order valence-electron chi connectivity index (χ2n) is 7.79. The van der Waals surface area contributed by atoms with Gasteiger partial charge >= 0.3 is 0 Å². The summed E-state index contributed by atoms with van der Waals surface area (Å²) in [6.45, 7) is -0.191. The molecule has 0 saturated carbocycles. The lowest BCUT2D eigenvalue weighted by molar-refractivity contribution is -0.123. The number of methoxy groups -OCH3 is 2. The smallest absolute Gasteiger partial charge is 0.285 e. The van der Waals surface area contributed by atoms with Crippen LogP contribution in [0.2, 0.25) is 0 Å². The number of carbonyl (C=O) groups is 3. The SMILES string of the molecule is COc1ccc(C(=O)NN2C(=O)C(=Cc3ccc(OCC(=O)Nc4ccccc4OC)cc3)SC2=S)cc1. The molecule has 1 fully saturated rings. The average Bonchev–Trinajstić information content (AvgIpc) is 3.20. The number of benzene rings is 3. The van der Waals surface area contributed by atoms with Gasteiger partial charge in [0.15, 0.2) is 10.9 Å². The third kappa shape index (κ3) is 6.50. The van der Waals surface area contributed by atoms with Gasteiger partial charge in [-0.15, -0.1) is 0 Å². The molecule has 3 aromatic rings. The van der Waals surface area contributed by atoms with E-state index in [0.29, 0.717) is 33.4 Å². The van der Waals surface area contributed by atoms with Crippen LogP contribution in [-0.4, -0.2) is 47.9 Å². The summed E-state index contributed by atoms with van der Waals surface area (Å²) < 4.78 is 16.1. The van der Waals surface area contributed by atoms with Crippen molar-refractivity contribution in [1.82, 2.24) is 10.4 Å². The lowest BCUT2D eigenvalue weighted by Gasteiger charge is -2.15. The fourth-order valence-corrected chi connectivity index (χ4v) is 4.55. The molecular formula is C27H23N3O6S2. The van der Waals surface area contributed by atoms with Crippen LogP contribution < -0.4 is 25.0 Å². The number of para-hydroxylation sites is 2. The molecule has 0 spiro atoms. The lowest BCUT2D eigenvalue weighted by atomic mass is 10.2. The molecule has 0 bridgehead atoms. The Labute approximate surface area is 228 Å². The quantitative estimate of drug-likeness (QED) is 0.301. The molecule has 1 aliphatic rings. The van der Waals surface area contributed by atoms with Gasteiger partial charge < -0.3 is 19.5 Å². The Morgan fingerprint density at radius 3 is 2.32 bits per heavy atom. The van der Waals surface area contributed by atoms with Gasteiger partial charge in [0.1, 0.15) is 17.2 Å². The summed E-state index contributed by atoms with van der Waals surface area (Å²) >= 11 is 6.37. The maximum Gasteiger partial charge on any atom is 0.285 e. The van der Waals surface area contributed by atoms with Crippen molar-refractivity contribution >= 4 is 57.8 Å². The summed E-state index contributed by atoms with van der Waals surface area (Å²) in [6, 6.07) is 20.4. The minimum atomic E-state index is -0.471. The number of amides is 3. The average molecular weight is 550 g/mol. The maximum absolute atomic E-state index is 12.9. The molecule has 4 rings (SSSR count). The van der Waals surface area contributed by atoms with Crippen molar-refractivity contribution in [2.75, 3.05) is 26.1 Å². The Morgan fingerprint density at radius 1 is 0.947 bits per heavy atom. The van der Waals surface area contributed by atoms with E-state index < -0.39 is 11.8 Å². The van der Waals surface area contributed by atoms with E-state index in [0.717, 1.165) is 22.3 Å². The fraction of sp³-hybridized carbons (Fsp3) is 0.111. The molecule has 0 atom stereocenters. The van der Waals surface area contributed by atoms with Crippen LogP contribution in [0, 0.1) is 0 Å². The van der Waals surface area contributed by atoms with E-state index in [1.54, 1.807) is 72.8 Å². The number of anilines is 1. The zero-order valence-electron chi connectivity index (χ0n) is 20.4. The molecule has 3 amide bonds. The van der Waals surface area contributed by atoms with Crippen LogP contribution in [0.15, 0.2) is 77.7 Å². The van der Waals surface area contributed by atoms with Crippen molar-refractivity contribution in [2.45, 2.75) is 0 Å². The molecule has 1 saturated heterocycles. The highest BCUT2D eigenvalue weighted by Crippen LogP contribution is 2.32. The molecule has 3 aromatic carbocycles. The van der Waals surface area contributed by atoms with E-state index in [2.05, 4.69) is 10.7 Å². The summed E-state index contributed by atoms with van der Waals surface area (Å²) in [5, 5.41) is 3.79. The van der Waals surface area contributed by atoms with E-state index in [4.69, 9.17) is 26.4 Å². The van der Waals surface area contributed by atoms with Crippen LogP contribution in [0.3, 0.4) is 0 Å². The third-order valence-electron chi connectivity index (χ3n) is 5.29. The Bertz CT molecular complexity index is 1390. The number of thioether (sulfide) groups is 1. The van der Waals surface area contributed by atoms with Crippen molar-refractivity contribution in [3.63, 3.8) is 0 Å². The van der Waals surface area contributed by atoms with Gasteiger partial charge in [0.05, 0.1) is 24.8 Å². The first-order valence-electron chi connectivity index (χ1n) is 11.3. The third-order valence-corrected chi connectivity index (χ3v) is 6.59. The predicted molar refractivity (Wildman–Crippen MR) is 149 cm³/mol. The molecule has 0 aliphatic carbocycles. The summed E-state index contributed by atoms with van der Waals surface area (Å²) in [5.41, 5.74) is 4.17. The second kappa shape index (κ2) is 12.3. The Kier molecular flexibility index (Phi) is 8.62. The second-order valence-corrected chi connectivity index (χ2v) is 9.47. The number of rotatable bonds is 9. The number of nitrogens with one attached hydrogen (secondary N) is 2. The lowest BCUT2D eigenvalue weighted by Crippen LogP contribution is -2.44. The molecule has 11 heteroatoms. The summed E-state index contributed by atoms with van der Waals surface area (Å²) in [6.07, 6.45) is 1.66. The van der Waals surface area contributed by atoms with E-state index in [-0.39, 0.29) is 16.8 Å². The molecular weight excluding hydrogens is 526 g/mol. The van der Waals surface area contributed by atoms with E-state index in [1.165, 1.54) is 14.2 Å². The van der Waals surface area contributed by atoms with Crippen molar-refractivity contribution < 1.29 is 28.6 Å². The summed E-state index contributed by atoms with van der Waals surface area (Å²) in [7, 11) is 3.06. The van der Waals surface area contributed by atoms with Crippen molar-refractivity contribution in [2.24, 2.45) is 0 Å². The standard InChI is InChI=1S/C27H23N3O6S2/c1-34-19-13-9-18(10-14-19)25(32)29-30-26(33)23(38-27(30)37)15-17-7-11-20(12-8-17)36-16-24(31)28-21-5-3-4-6-22(21)35-2/h3-15H,16H2,1-2H3,(H,28,31)(H,29,32). The Morgan fingerprint density at radius 2 is 1.63 bits per heavy atom. The van der Waals surface area contributed by atoms with Gasteiger partial charge in [0, 0.05) is 5.56 Å². The topological polar surface area (TPSA) is 106 Å².